The molecule has 1 fully saturated rings. The fourth-order valence-corrected chi connectivity index (χ4v) is 3.59. The summed E-state index contributed by atoms with van der Waals surface area (Å²) in [6.07, 6.45) is 5.04. The third-order valence-corrected chi connectivity index (χ3v) is 4.79. The molecule has 1 aliphatic rings. The largest absolute Gasteiger partial charge is 0.383 e. The van der Waals surface area contributed by atoms with Crippen LogP contribution in [0.3, 0.4) is 0 Å². The van der Waals surface area contributed by atoms with Gasteiger partial charge in [-0.1, -0.05) is 18.9 Å². The number of hydrogen-bond acceptors (Lipinski definition) is 3. The van der Waals surface area contributed by atoms with Crippen molar-refractivity contribution in [2.24, 2.45) is 0 Å². The minimum Gasteiger partial charge on any atom is -0.383 e. The van der Waals surface area contributed by atoms with Crippen molar-refractivity contribution in [2.45, 2.75) is 42.4 Å². The molecule has 19 heavy (non-hydrogen) atoms. The van der Waals surface area contributed by atoms with E-state index in [1.54, 1.807) is 24.9 Å². The number of benzene rings is 1. The van der Waals surface area contributed by atoms with Gasteiger partial charge in [-0.3, -0.25) is 0 Å². The van der Waals surface area contributed by atoms with Gasteiger partial charge >= 0.3 is 0 Å². The van der Waals surface area contributed by atoms with Crippen LogP contribution in [-0.2, 0) is 11.3 Å². The van der Waals surface area contributed by atoms with Crippen LogP contribution in [0.25, 0.3) is 0 Å². The molecule has 2 nitrogen and oxygen atoms in total. The number of methoxy groups -OCH3 is 1. The summed E-state index contributed by atoms with van der Waals surface area (Å²) in [4.78, 5) is 0.799. The lowest BCUT2D eigenvalue weighted by molar-refractivity contribution is 0.199. The van der Waals surface area contributed by atoms with Crippen LogP contribution < -0.4 is 5.32 Å². The van der Waals surface area contributed by atoms with Crippen molar-refractivity contribution >= 4 is 11.8 Å². The van der Waals surface area contributed by atoms with Gasteiger partial charge in [-0.2, -0.15) is 0 Å². The Hall–Kier alpha value is -0.580. The number of thioether (sulfide) groups is 1. The van der Waals surface area contributed by atoms with E-state index in [0.717, 1.165) is 17.0 Å². The Morgan fingerprint density at radius 3 is 2.84 bits per heavy atom. The Balaban J connectivity index is 1.85. The topological polar surface area (TPSA) is 21.3 Å². The van der Waals surface area contributed by atoms with Crippen LogP contribution >= 0.6 is 11.8 Å². The van der Waals surface area contributed by atoms with E-state index < -0.39 is 0 Å². The van der Waals surface area contributed by atoms with Crippen molar-refractivity contribution in [3.8, 4) is 0 Å². The molecule has 1 aliphatic carbocycles. The third kappa shape index (κ3) is 4.79. The highest BCUT2D eigenvalue weighted by Crippen LogP contribution is 2.35. The fourth-order valence-electron chi connectivity index (χ4n) is 2.34. The Morgan fingerprint density at radius 2 is 2.16 bits per heavy atom. The number of nitrogens with one attached hydrogen (secondary N) is 1. The molecular formula is C15H22FNOS. The first-order valence-corrected chi connectivity index (χ1v) is 7.82. The smallest absolute Gasteiger partial charge is 0.137 e. The van der Waals surface area contributed by atoms with Gasteiger partial charge in [0.25, 0.3) is 0 Å². The lowest BCUT2D eigenvalue weighted by Gasteiger charge is -2.11. The molecule has 1 saturated carbocycles. The van der Waals surface area contributed by atoms with Crippen molar-refractivity contribution in [3.63, 3.8) is 0 Å². The molecule has 0 amide bonds. The minimum atomic E-state index is -0.0806. The molecule has 1 aromatic carbocycles. The summed E-state index contributed by atoms with van der Waals surface area (Å²) in [6.45, 7) is 2.16. The highest BCUT2D eigenvalue weighted by molar-refractivity contribution is 8.00. The Bertz CT molecular complexity index is 394. The molecule has 0 heterocycles. The molecule has 106 valence electrons. The van der Waals surface area contributed by atoms with E-state index in [1.807, 2.05) is 12.1 Å². The summed E-state index contributed by atoms with van der Waals surface area (Å²) in [6, 6.07) is 5.59. The number of hydrogen-bond donors (Lipinski definition) is 1. The molecule has 0 unspecified atom stereocenters. The van der Waals surface area contributed by atoms with Gasteiger partial charge in [-0.05, 0) is 30.5 Å². The van der Waals surface area contributed by atoms with Crippen molar-refractivity contribution < 1.29 is 9.13 Å². The lowest BCUT2D eigenvalue weighted by Crippen LogP contribution is -2.18. The van der Waals surface area contributed by atoms with Crippen LogP contribution in [0.2, 0.25) is 0 Å². The predicted octanol–water partition coefficient (Wildman–Crippen LogP) is 3.60. The molecule has 2 rings (SSSR count). The minimum absolute atomic E-state index is 0.0806. The quantitative estimate of drug-likeness (QED) is 0.773. The second-order valence-electron chi connectivity index (χ2n) is 4.96. The highest BCUT2D eigenvalue weighted by Gasteiger charge is 2.17. The molecule has 4 heteroatoms. The van der Waals surface area contributed by atoms with Crippen LogP contribution in [0, 0.1) is 5.82 Å². The summed E-state index contributed by atoms with van der Waals surface area (Å²) < 4.78 is 19.0. The monoisotopic (exact) mass is 283 g/mol. The van der Waals surface area contributed by atoms with Crippen molar-refractivity contribution in [1.29, 1.82) is 0 Å². The summed E-state index contributed by atoms with van der Waals surface area (Å²) in [5.41, 5.74) is 0.990. The van der Waals surface area contributed by atoms with E-state index in [0.29, 0.717) is 18.4 Å². The molecule has 1 N–H and O–H groups in total. The van der Waals surface area contributed by atoms with E-state index in [9.17, 15) is 4.39 Å². The molecule has 1 aromatic rings. The predicted molar refractivity (Wildman–Crippen MR) is 78.1 cm³/mol. The maximum atomic E-state index is 14.0. The first-order valence-electron chi connectivity index (χ1n) is 6.94. The maximum Gasteiger partial charge on any atom is 0.137 e. The van der Waals surface area contributed by atoms with Gasteiger partial charge in [-0.25, -0.2) is 4.39 Å². The highest BCUT2D eigenvalue weighted by atomic mass is 32.2. The zero-order valence-electron chi connectivity index (χ0n) is 11.5. The molecule has 0 spiro atoms. The fraction of sp³-hybridized carbons (Fsp3) is 0.600. The van der Waals surface area contributed by atoms with Gasteiger partial charge in [0.2, 0.25) is 0 Å². The Labute approximate surface area is 119 Å². The van der Waals surface area contributed by atoms with E-state index >= 15 is 0 Å². The van der Waals surface area contributed by atoms with E-state index in [-0.39, 0.29) is 5.82 Å². The molecule has 0 bridgehead atoms. The third-order valence-electron chi connectivity index (χ3n) is 3.40. The van der Waals surface area contributed by atoms with Crippen LogP contribution in [-0.4, -0.2) is 25.5 Å². The second kappa shape index (κ2) is 7.88. The van der Waals surface area contributed by atoms with E-state index in [1.165, 1.54) is 25.7 Å². The zero-order valence-corrected chi connectivity index (χ0v) is 12.3. The van der Waals surface area contributed by atoms with Crippen LogP contribution in [0.5, 0.6) is 0 Å². The summed E-state index contributed by atoms with van der Waals surface area (Å²) in [7, 11) is 1.68. The number of rotatable bonds is 7. The van der Waals surface area contributed by atoms with E-state index in [2.05, 4.69) is 5.32 Å². The van der Waals surface area contributed by atoms with E-state index in [4.69, 9.17) is 4.74 Å². The molecule has 0 aliphatic heterocycles. The molecule has 0 atom stereocenters. The second-order valence-corrected chi connectivity index (χ2v) is 6.30. The normalized spacial score (nSPS) is 16.1. The molecular weight excluding hydrogens is 261 g/mol. The first-order chi connectivity index (χ1) is 9.29. The van der Waals surface area contributed by atoms with Gasteiger partial charge < -0.3 is 10.1 Å². The standard InChI is InChI=1S/C15H22FNOS/c1-18-9-8-17-11-12-6-7-15(14(16)10-12)19-13-4-2-3-5-13/h6-7,10,13,17H,2-5,8-9,11H2,1H3. The van der Waals surface area contributed by atoms with Gasteiger partial charge in [0.05, 0.1) is 6.61 Å². The van der Waals surface area contributed by atoms with Crippen LogP contribution in [0.4, 0.5) is 4.39 Å². The van der Waals surface area contributed by atoms with Gasteiger partial charge in [0.15, 0.2) is 0 Å². The van der Waals surface area contributed by atoms with Crippen molar-refractivity contribution in [1.82, 2.24) is 5.32 Å². The lowest BCUT2D eigenvalue weighted by atomic mass is 10.2. The maximum absolute atomic E-state index is 14.0. The first kappa shape index (κ1) is 14.8. The summed E-state index contributed by atoms with van der Waals surface area (Å²) in [5.74, 6) is -0.0806. The number of ether oxygens (including phenoxy) is 1. The van der Waals surface area contributed by atoms with Crippen molar-refractivity contribution in [2.75, 3.05) is 20.3 Å². The van der Waals surface area contributed by atoms with Gasteiger partial charge in [-0.15, -0.1) is 11.8 Å². The molecule has 0 saturated heterocycles. The van der Waals surface area contributed by atoms with Crippen LogP contribution in [0.1, 0.15) is 31.2 Å². The average Bonchev–Trinajstić information content (AvgIpc) is 2.91. The SMILES string of the molecule is COCCNCc1ccc(SC2CCCC2)c(F)c1. The molecule has 0 radical (unpaired) electrons. The Kier molecular flexibility index (Phi) is 6.14. The average molecular weight is 283 g/mol. The van der Waals surface area contributed by atoms with Crippen molar-refractivity contribution in [3.05, 3.63) is 29.6 Å². The number of halogens is 1. The Morgan fingerprint density at radius 1 is 1.37 bits per heavy atom. The summed E-state index contributed by atoms with van der Waals surface area (Å²) in [5, 5.41) is 3.84. The van der Waals surface area contributed by atoms with Crippen LogP contribution in [0.15, 0.2) is 23.1 Å². The van der Waals surface area contributed by atoms with Gasteiger partial charge in [0, 0.05) is 30.3 Å². The zero-order chi connectivity index (χ0) is 13.5. The molecule has 0 aromatic heterocycles. The summed E-state index contributed by atoms with van der Waals surface area (Å²) >= 11 is 1.70. The van der Waals surface area contributed by atoms with Gasteiger partial charge in [0.1, 0.15) is 5.82 Å².